The first-order chi connectivity index (χ1) is 18.1. The van der Waals surface area contributed by atoms with E-state index in [1.54, 1.807) is 55.6 Å². The Hall–Kier alpha value is -3.85. The molecule has 0 fully saturated rings. The minimum Gasteiger partial charge on any atom is -0.497 e. The highest BCUT2D eigenvalue weighted by Crippen LogP contribution is 2.25. The maximum atomic E-state index is 13.9. The van der Waals surface area contributed by atoms with Crippen LogP contribution in [0.5, 0.6) is 5.75 Å². The Kier molecular flexibility index (Phi) is 9.52. The number of aryl methyl sites for hydroxylation is 2. The van der Waals surface area contributed by atoms with Crippen LogP contribution in [0.2, 0.25) is 0 Å². The van der Waals surface area contributed by atoms with E-state index in [-0.39, 0.29) is 17.3 Å². The molecule has 0 saturated heterocycles. The van der Waals surface area contributed by atoms with E-state index in [0.29, 0.717) is 17.9 Å². The molecule has 0 bridgehead atoms. The minimum absolute atomic E-state index is 0.0801. The molecule has 0 aliphatic heterocycles. The van der Waals surface area contributed by atoms with E-state index in [4.69, 9.17) is 4.74 Å². The predicted octanol–water partition coefficient (Wildman–Crippen LogP) is 4.06. The molecule has 38 heavy (non-hydrogen) atoms. The zero-order valence-corrected chi connectivity index (χ0v) is 23.3. The number of likely N-dealkylation sites (N-methyl/N-ethyl adjacent to an activating group) is 1. The van der Waals surface area contributed by atoms with Crippen molar-refractivity contribution in [2.45, 2.75) is 44.7 Å². The summed E-state index contributed by atoms with van der Waals surface area (Å²) in [6.07, 6.45) is 0.358. The largest absolute Gasteiger partial charge is 0.497 e. The van der Waals surface area contributed by atoms with Crippen LogP contribution in [0.1, 0.15) is 30.0 Å². The SMILES string of the molecule is CC[C@@H](C(=O)NC)N(Cc1ccc(OC)cc1)C(=O)CN(c1ccc(C)cc1)S(=O)(=O)c1ccc(C)cc1. The van der Waals surface area contributed by atoms with Crippen LogP contribution in [-0.4, -0.2) is 51.9 Å². The number of methoxy groups -OCH3 is 1. The van der Waals surface area contributed by atoms with Crippen molar-refractivity contribution in [3.63, 3.8) is 0 Å². The number of benzene rings is 3. The molecule has 0 saturated carbocycles. The molecule has 9 heteroatoms. The molecule has 8 nitrogen and oxygen atoms in total. The van der Waals surface area contributed by atoms with Crippen molar-refractivity contribution in [1.29, 1.82) is 0 Å². The van der Waals surface area contributed by atoms with Crippen molar-refractivity contribution < 1.29 is 22.7 Å². The topological polar surface area (TPSA) is 96.0 Å². The number of hydrogen-bond donors (Lipinski definition) is 1. The second-order valence-corrected chi connectivity index (χ2v) is 10.9. The maximum Gasteiger partial charge on any atom is 0.264 e. The van der Waals surface area contributed by atoms with E-state index in [1.165, 1.54) is 24.1 Å². The van der Waals surface area contributed by atoms with Gasteiger partial charge in [-0.05, 0) is 62.2 Å². The van der Waals surface area contributed by atoms with Gasteiger partial charge >= 0.3 is 0 Å². The van der Waals surface area contributed by atoms with E-state index in [0.717, 1.165) is 21.0 Å². The summed E-state index contributed by atoms with van der Waals surface area (Å²) in [5.41, 5.74) is 3.02. The van der Waals surface area contributed by atoms with Crippen molar-refractivity contribution in [2.24, 2.45) is 0 Å². The lowest BCUT2D eigenvalue weighted by atomic mass is 10.1. The van der Waals surface area contributed by atoms with Crippen molar-refractivity contribution in [2.75, 3.05) is 25.0 Å². The first kappa shape index (κ1) is 28.7. The van der Waals surface area contributed by atoms with Crippen LogP contribution in [0.25, 0.3) is 0 Å². The van der Waals surface area contributed by atoms with E-state index < -0.39 is 28.5 Å². The van der Waals surface area contributed by atoms with Crippen LogP contribution >= 0.6 is 0 Å². The second-order valence-electron chi connectivity index (χ2n) is 9.07. The van der Waals surface area contributed by atoms with Gasteiger partial charge in [-0.15, -0.1) is 0 Å². The second kappa shape index (κ2) is 12.6. The van der Waals surface area contributed by atoms with Crippen molar-refractivity contribution >= 4 is 27.5 Å². The molecule has 3 rings (SSSR count). The molecule has 1 atom stereocenters. The first-order valence-corrected chi connectivity index (χ1v) is 13.8. The molecule has 0 heterocycles. The third-order valence-electron chi connectivity index (χ3n) is 6.35. The molecule has 202 valence electrons. The van der Waals surface area contributed by atoms with Crippen LogP contribution in [-0.2, 0) is 26.2 Å². The molecule has 0 aliphatic carbocycles. The van der Waals surface area contributed by atoms with E-state index in [2.05, 4.69) is 5.32 Å². The van der Waals surface area contributed by atoms with Crippen molar-refractivity contribution in [3.05, 3.63) is 89.5 Å². The molecular formula is C29H35N3O5S. The smallest absolute Gasteiger partial charge is 0.264 e. The van der Waals surface area contributed by atoms with Crippen LogP contribution in [0.15, 0.2) is 77.7 Å². The molecule has 1 N–H and O–H groups in total. The summed E-state index contributed by atoms with van der Waals surface area (Å²) in [6, 6.07) is 19.9. The Labute approximate surface area is 225 Å². The van der Waals surface area contributed by atoms with Gasteiger partial charge in [0.1, 0.15) is 18.3 Å². The number of rotatable bonds is 11. The van der Waals surface area contributed by atoms with Crippen LogP contribution in [0.4, 0.5) is 5.69 Å². The monoisotopic (exact) mass is 537 g/mol. The van der Waals surface area contributed by atoms with E-state index in [9.17, 15) is 18.0 Å². The standard InChI is InChI=1S/C29H35N3O5S/c1-6-27(29(34)30-4)31(19-23-11-15-25(37-5)16-12-23)28(33)20-32(24-13-7-21(2)8-14-24)38(35,36)26-17-9-22(3)10-18-26/h7-18,27H,6,19-20H2,1-5H3,(H,30,34)/t27-/m0/s1. The fourth-order valence-electron chi connectivity index (χ4n) is 4.09. The molecule has 2 amide bonds. The van der Waals surface area contributed by atoms with Gasteiger partial charge in [-0.3, -0.25) is 13.9 Å². The first-order valence-electron chi connectivity index (χ1n) is 12.4. The normalized spacial score (nSPS) is 11.9. The Morgan fingerprint density at radius 3 is 1.95 bits per heavy atom. The van der Waals surface area contributed by atoms with Crippen LogP contribution < -0.4 is 14.4 Å². The lowest BCUT2D eigenvalue weighted by molar-refractivity contribution is -0.140. The highest BCUT2D eigenvalue weighted by Gasteiger charge is 2.33. The zero-order chi connectivity index (χ0) is 27.9. The minimum atomic E-state index is -4.08. The van der Waals surface area contributed by atoms with Gasteiger partial charge in [0.25, 0.3) is 10.0 Å². The quantitative estimate of drug-likeness (QED) is 0.398. The third kappa shape index (κ3) is 6.72. The molecule has 3 aromatic carbocycles. The van der Waals surface area contributed by atoms with Gasteiger partial charge in [-0.25, -0.2) is 8.42 Å². The van der Waals surface area contributed by atoms with Gasteiger partial charge in [-0.1, -0.05) is 54.4 Å². The molecule has 0 radical (unpaired) electrons. The Morgan fingerprint density at radius 2 is 1.45 bits per heavy atom. The van der Waals surface area contributed by atoms with E-state index >= 15 is 0 Å². The van der Waals surface area contributed by atoms with Crippen LogP contribution in [0, 0.1) is 13.8 Å². The van der Waals surface area contributed by atoms with Gasteiger partial charge in [0.05, 0.1) is 17.7 Å². The van der Waals surface area contributed by atoms with E-state index in [1.807, 2.05) is 32.9 Å². The van der Waals surface area contributed by atoms with Gasteiger partial charge in [0, 0.05) is 13.6 Å². The Morgan fingerprint density at radius 1 is 0.895 bits per heavy atom. The lowest BCUT2D eigenvalue weighted by Crippen LogP contribution is -2.51. The summed E-state index contributed by atoms with van der Waals surface area (Å²) in [7, 11) is -1.00. The molecule has 3 aromatic rings. The average molecular weight is 538 g/mol. The Bertz CT molecular complexity index is 1340. The summed E-state index contributed by atoms with van der Waals surface area (Å²) < 4.78 is 33.9. The molecule has 0 unspecified atom stereocenters. The number of sulfonamides is 1. The number of hydrogen-bond acceptors (Lipinski definition) is 5. The number of anilines is 1. The number of nitrogens with zero attached hydrogens (tertiary/aromatic N) is 2. The number of nitrogens with one attached hydrogen (secondary N) is 1. The summed E-state index contributed by atoms with van der Waals surface area (Å²) in [4.78, 5) is 28.2. The molecule has 0 aliphatic rings. The molecule has 0 aromatic heterocycles. The number of carbonyl (C=O) groups is 2. The van der Waals surface area contributed by atoms with Gasteiger partial charge < -0.3 is 15.0 Å². The fourth-order valence-corrected chi connectivity index (χ4v) is 5.51. The maximum absolute atomic E-state index is 13.9. The zero-order valence-electron chi connectivity index (χ0n) is 22.5. The summed E-state index contributed by atoms with van der Waals surface area (Å²) in [6.45, 7) is 5.25. The summed E-state index contributed by atoms with van der Waals surface area (Å²) >= 11 is 0. The lowest BCUT2D eigenvalue weighted by Gasteiger charge is -2.33. The number of ether oxygens (including phenoxy) is 1. The summed E-state index contributed by atoms with van der Waals surface area (Å²) in [5, 5.41) is 2.62. The highest BCUT2D eigenvalue weighted by atomic mass is 32.2. The molecule has 0 spiro atoms. The van der Waals surface area contributed by atoms with Crippen molar-refractivity contribution in [3.8, 4) is 5.75 Å². The van der Waals surface area contributed by atoms with Gasteiger partial charge in [0.15, 0.2) is 0 Å². The van der Waals surface area contributed by atoms with Crippen molar-refractivity contribution in [1.82, 2.24) is 10.2 Å². The predicted molar refractivity (Wildman–Crippen MR) is 149 cm³/mol. The van der Waals surface area contributed by atoms with Crippen LogP contribution in [0.3, 0.4) is 0 Å². The van der Waals surface area contributed by atoms with Gasteiger partial charge in [-0.2, -0.15) is 0 Å². The summed E-state index contributed by atoms with van der Waals surface area (Å²) in [5.74, 6) is -0.148. The fraction of sp³-hybridized carbons (Fsp3) is 0.310. The number of amides is 2. The average Bonchev–Trinajstić information content (AvgIpc) is 2.92. The molecular weight excluding hydrogens is 502 g/mol. The Balaban J connectivity index is 2.03. The highest BCUT2D eigenvalue weighted by molar-refractivity contribution is 7.92. The third-order valence-corrected chi connectivity index (χ3v) is 8.14. The number of carbonyl (C=O) groups excluding carboxylic acids is 2. The van der Waals surface area contributed by atoms with Gasteiger partial charge in [0.2, 0.25) is 11.8 Å².